The zero-order valence-corrected chi connectivity index (χ0v) is 18.9. The molecule has 0 bridgehead atoms. The number of hydrogen-bond acceptors (Lipinski definition) is 4. The summed E-state index contributed by atoms with van der Waals surface area (Å²) in [6, 6.07) is 24.2. The van der Waals surface area contributed by atoms with E-state index in [9.17, 15) is 4.79 Å². The van der Waals surface area contributed by atoms with Crippen LogP contribution in [0.4, 0.5) is 11.4 Å². The first-order chi connectivity index (χ1) is 16.2. The fourth-order valence-electron chi connectivity index (χ4n) is 4.62. The lowest BCUT2D eigenvalue weighted by Crippen LogP contribution is -2.29. The second kappa shape index (κ2) is 9.51. The van der Waals surface area contributed by atoms with E-state index in [1.54, 1.807) is 7.11 Å². The third-order valence-electron chi connectivity index (χ3n) is 6.36. The van der Waals surface area contributed by atoms with Crippen molar-refractivity contribution in [2.24, 2.45) is 0 Å². The minimum Gasteiger partial charge on any atom is -0.497 e. The molecular weight excluding hydrogens is 410 g/mol. The van der Waals surface area contributed by atoms with Crippen LogP contribution < -0.4 is 15.4 Å². The van der Waals surface area contributed by atoms with E-state index in [4.69, 9.17) is 4.74 Å². The van der Waals surface area contributed by atoms with Crippen molar-refractivity contribution >= 4 is 28.6 Å². The first kappa shape index (κ1) is 21.3. The molecule has 3 aromatic carbocycles. The maximum absolute atomic E-state index is 13.1. The Balaban J connectivity index is 1.47. The summed E-state index contributed by atoms with van der Waals surface area (Å²) in [5, 5.41) is 6.53. The lowest BCUT2D eigenvalue weighted by molar-refractivity contribution is -0.110. The van der Waals surface area contributed by atoms with Gasteiger partial charge in [-0.2, -0.15) is 0 Å². The lowest BCUT2D eigenvalue weighted by atomic mass is 10.00. The van der Waals surface area contributed by atoms with Crippen molar-refractivity contribution in [3.05, 3.63) is 89.5 Å². The summed E-state index contributed by atoms with van der Waals surface area (Å²) in [6.07, 6.45) is 3.94. The molecule has 0 aliphatic carbocycles. The molecule has 5 heteroatoms. The predicted octanol–water partition coefficient (Wildman–Crippen LogP) is 5.61. The highest BCUT2D eigenvalue weighted by atomic mass is 16.5. The van der Waals surface area contributed by atoms with E-state index in [0.717, 1.165) is 34.7 Å². The van der Waals surface area contributed by atoms with E-state index >= 15 is 0 Å². The van der Waals surface area contributed by atoms with Crippen molar-refractivity contribution < 1.29 is 9.53 Å². The molecule has 0 aromatic heterocycles. The van der Waals surface area contributed by atoms with Crippen LogP contribution in [0.1, 0.15) is 36.0 Å². The van der Waals surface area contributed by atoms with E-state index in [2.05, 4.69) is 39.8 Å². The molecular formula is C28H29N3O2. The molecule has 0 spiro atoms. The Morgan fingerprint density at radius 1 is 0.970 bits per heavy atom. The number of likely N-dealkylation sites (tertiary alicyclic amines) is 1. The molecule has 0 saturated carbocycles. The van der Waals surface area contributed by atoms with Gasteiger partial charge < -0.3 is 15.4 Å². The van der Waals surface area contributed by atoms with Crippen LogP contribution in [0.5, 0.6) is 5.75 Å². The minimum absolute atomic E-state index is 0.119. The predicted molar refractivity (Wildman–Crippen MR) is 134 cm³/mol. The van der Waals surface area contributed by atoms with E-state index in [-0.39, 0.29) is 5.91 Å². The minimum atomic E-state index is -0.119. The van der Waals surface area contributed by atoms with Gasteiger partial charge in [-0.15, -0.1) is 0 Å². The first-order valence-corrected chi connectivity index (χ1v) is 11.6. The number of nitrogens with one attached hydrogen (secondary N) is 2. The van der Waals surface area contributed by atoms with Crippen molar-refractivity contribution in [3.8, 4) is 5.75 Å². The lowest BCUT2D eigenvalue weighted by Gasteiger charge is -2.26. The molecule has 3 aromatic rings. The fraction of sp³-hybridized carbons (Fsp3) is 0.250. The second-order valence-corrected chi connectivity index (χ2v) is 8.64. The summed E-state index contributed by atoms with van der Waals surface area (Å²) in [5.74, 6) is 0.597. The van der Waals surface area contributed by atoms with E-state index in [1.807, 2.05) is 48.5 Å². The average Bonchev–Trinajstić information content (AvgIpc) is 3.19. The van der Waals surface area contributed by atoms with Crippen molar-refractivity contribution in [2.45, 2.75) is 25.8 Å². The van der Waals surface area contributed by atoms with Crippen molar-refractivity contribution in [2.75, 3.05) is 30.8 Å². The number of nitrogens with zero attached hydrogens (tertiary/aromatic N) is 1. The van der Waals surface area contributed by atoms with E-state index < -0.39 is 0 Å². The van der Waals surface area contributed by atoms with Gasteiger partial charge in [0.15, 0.2) is 0 Å². The van der Waals surface area contributed by atoms with E-state index in [1.165, 1.54) is 37.9 Å². The normalized spacial score (nSPS) is 17.3. The Morgan fingerprint density at radius 2 is 1.73 bits per heavy atom. The van der Waals surface area contributed by atoms with Crippen LogP contribution in [0.25, 0.3) is 11.3 Å². The van der Waals surface area contributed by atoms with Crippen molar-refractivity contribution in [1.82, 2.24) is 4.90 Å². The number of amides is 1. The summed E-state index contributed by atoms with van der Waals surface area (Å²) < 4.78 is 5.33. The topological polar surface area (TPSA) is 53.6 Å². The Kier molecular flexibility index (Phi) is 6.13. The largest absolute Gasteiger partial charge is 0.497 e. The maximum atomic E-state index is 13.1. The van der Waals surface area contributed by atoms with Crippen molar-refractivity contribution in [3.63, 3.8) is 0 Å². The molecule has 2 aliphatic rings. The average molecular weight is 440 g/mol. The number of carbonyl (C=O) groups is 1. The molecule has 0 unspecified atom stereocenters. The molecule has 2 aliphatic heterocycles. The number of rotatable bonds is 6. The number of piperidine rings is 1. The third kappa shape index (κ3) is 4.64. The van der Waals surface area contributed by atoms with Gasteiger partial charge in [0.25, 0.3) is 5.91 Å². The van der Waals surface area contributed by atoms with Gasteiger partial charge in [-0.3, -0.25) is 9.69 Å². The molecule has 0 atom stereocenters. The highest BCUT2D eigenvalue weighted by molar-refractivity contribution is 6.37. The third-order valence-corrected chi connectivity index (χ3v) is 6.36. The Bertz CT molecular complexity index is 1160. The first-order valence-electron chi connectivity index (χ1n) is 11.6. The Morgan fingerprint density at radius 3 is 2.45 bits per heavy atom. The zero-order valence-electron chi connectivity index (χ0n) is 18.9. The van der Waals surface area contributed by atoms with Gasteiger partial charge in [-0.1, -0.05) is 48.9 Å². The SMILES string of the molecule is COc1ccc2c(c1)NC(=O)C2=C(Nc1ccc(CN2CCCCC2)cc1)c1ccccc1. The molecule has 1 fully saturated rings. The summed E-state index contributed by atoms with van der Waals surface area (Å²) in [5.41, 5.74) is 6.29. The van der Waals surface area contributed by atoms with Gasteiger partial charge in [0.2, 0.25) is 0 Å². The summed E-state index contributed by atoms with van der Waals surface area (Å²) >= 11 is 0. The smallest absolute Gasteiger partial charge is 0.258 e. The Labute approximate surface area is 195 Å². The Hall–Kier alpha value is -3.57. The molecule has 2 N–H and O–H groups in total. The van der Waals surface area contributed by atoms with Gasteiger partial charge in [0.1, 0.15) is 5.75 Å². The van der Waals surface area contributed by atoms with Crippen LogP contribution in [-0.4, -0.2) is 31.0 Å². The highest BCUT2D eigenvalue weighted by Crippen LogP contribution is 2.39. The fourth-order valence-corrected chi connectivity index (χ4v) is 4.62. The molecule has 168 valence electrons. The molecule has 5 nitrogen and oxygen atoms in total. The molecule has 2 heterocycles. The van der Waals surface area contributed by atoms with Gasteiger partial charge >= 0.3 is 0 Å². The van der Waals surface area contributed by atoms with Gasteiger partial charge in [0.05, 0.1) is 24.1 Å². The second-order valence-electron chi connectivity index (χ2n) is 8.64. The standard InChI is InChI=1S/C28H29N3O2/c1-33-23-14-15-24-25(18-23)30-28(32)26(24)27(21-8-4-2-5-9-21)29-22-12-10-20(11-13-22)19-31-16-6-3-7-17-31/h2,4-5,8-15,18,29H,3,6-7,16-17,19H2,1H3,(H,30,32). The van der Waals surface area contributed by atoms with Crippen LogP contribution in [0.15, 0.2) is 72.8 Å². The van der Waals surface area contributed by atoms with Crippen LogP contribution >= 0.6 is 0 Å². The maximum Gasteiger partial charge on any atom is 0.258 e. The van der Waals surface area contributed by atoms with Gasteiger partial charge in [0, 0.05) is 23.9 Å². The summed E-state index contributed by atoms with van der Waals surface area (Å²) in [4.78, 5) is 15.6. The molecule has 0 radical (unpaired) electrons. The van der Waals surface area contributed by atoms with Crippen LogP contribution in [0.2, 0.25) is 0 Å². The quantitative estimate of drug-likeness (QED) is 0.490. The molecule has 33 heavy (non-hydrogen) atoms. The summed E-state index contributed by atoms with van der Waals surface area (Å²) in [7, 11) is 1.63. The zero-order chi connectivity index (χ0) is 22.6. The summed E-state index contributed by atoms with van der Waals surface area (Å²) in [6.45, 7) is 3.36. The number of carbonyl (C=O) groups excluding carboxylic acids is 1. The van der Waals surface area contributed by atoms with Crippen LogP contribution in [-0.2, 0) is 11.3 Å². The molecule has 5 rings (SSSR count). The van der Waals surface area contributed by atoms with Gasteiger partial charge in [-0.05, 0) is 61.3 Å². The monoisotopic (exact) mass is 439 g/mol. The number of ether oxygens (including phenoxy) is 1. The van der Waals surface area contributed by atoms with Gasteiger partial charge in [-0.25, -0.2) is 0 Å². The van der Waals surface area contributed by atoms with E-state index in [0.29, 0.717) is 11.3 Å². The number of benzene rings is 3. The number of hydrogen-bond donors (Lipinski definition) is 2. The highest BCUT2D eigenvalue weighted by Gasteiger charge is 2.28. The number of fused-ring (bicyclic) bond motifs is 1. The van der Waals surface area contributed by atoms with Crippen LogP contribution in [0.3, 0.4) is 0 Å². The molecule has 1 amide bonds. The van der Waals surface area contributed by atoms with Crippen molar-refractivity contribution in [1.29, 1.82) is 0 Å². The van der Waals surface area contributed by atoms with Crippen LogP contribution in [0, 0.1) is 0 Å². The molecule has 1 saturated heterocycles. The number of methoxy groups -OCH3 is 1. The number of anilines is 2.